The van der Waals surface area contributed by atoms with Crippen LogP contribution in [-0.2, 0) is 14.8 Å². The number of amides is 1. The van der Waals surface area contributed by atoms with Gasteiger partial charge >= 0.3 is 0 Å². The highest BCUT2D eigenvalue weighted by atomic mass is 35.5. The quantitative estimate of drug-likeness (QED) is 0.191. The predicted octanol–water partition coefficient (Wildman–Crippen LogP) is 3.85. The first-order chi connectivity index (χ1) is 17.9. The zero-order chi connectivity index (χ0) is 28.0. The van der Waals surface area contributed by atoms with E-state index in [2.05, 4.69) is 15.1 Å². The van der Waals surface area contributed by atoms with E-state index in [1.165, 1.54) is 17.9 Å². The van der Waals surface area contributed by atoms with Gasteiger partial charge in [0, 0.05) is 42.9 Å². The Balaban J connectivity index is 2.14. The zero-order valence-corrected chi connectivity index (χ0v) is 22.8. The summed E-state index contributed by atoms with van der Waals surface area (Å²) in [4.78, 5) is 23.1. The molecule has 2 aromatic carbocycles. The van der Waals surface area contributed by atoms with Gasteiger partial charge in [-0.1, -0.05) is 25.4 Å². The van der Waals surface area contributed by atoms with Gasteiger partial charge in [-0.2, -0.15) is 9.78 Å². The number of hydrogen-bond acceptors (Lipinski definition) is 8. The van der Waals surface area contributed by atoms with E-state index in [9.17, 15) is 23.3 Å². The van der Waals surface area contributed by atoms with Gasteiger partial charge in [-0.3, -0.25) is 14.9 Å². The van der Waals surface area contributed by atoms with Gasteiger partial charge in [0.2, 0.25) is 15.9 Å². The van der Waals surface area contributed by atoms with Crippen molar-refractivity contribution >= 4 is 33.2 Å². The van der Waals surface area contributed by atoms with E-state index in [-0.39, 0.29) is 36.3 Å². The van der Waals surface area contributed by atoms with Gasteiger partial charge in [0.15, 0.2) is 5.69 Å². The zero-order valence-electron chi connectivity index (χ0n) is 21.2. The normalized spacial score (nSPS) is 11.5. The van der Waals surface area contributed by atoms with Crippen molar-refractivity contribution in [3.05, 3.63) is 68.9 Å². The molecule has 0 saturated heterocycles. The summed E-state index contributed by atoms with van der Waals surface area (Å²) in [7, 11) is -2.70. The number of carbonyl (C=O) groups excluding carboxylic acids is 1. The molecule has 0 aliphatic carbocycles. The fourth-order valence-electron chi connectivity index (χ4n) is 3.29. The largest absolute Gasteiger partial charge is 0.437 e. The van der Waals surface area contributed by atoms with Gasteiger partial charge < -0.3 is 14.8 Å². The van der Waals surface area contributed by atoms with Crippen LogP contribution in [0.5, 0.6) is 11.6 Å². The van der Waals surface area contributed by atoms with Crippen LogP contribution in [0.3, 0.4) is 0 Å². The van der Waals surface area contributed by atoms with E-state index in [0.29, 0.717) is 22.9 Å². The van der Waals surface area contributed by atoms with Gasteiger partial charge in [-0.05, 0) is 43.2 Å². The molecule has 0 aliphatic rings. The second kappa shape index (κ2) is 12.3. The first kappa shape index (κ1) is 29.0. The van der Waals surface area contributed by atoms with Crippen LogP contribution in [0.2, 0.25) is 5.02 Å². The molecule has 1 heterocycles. The number of carbonyl (C=O) groups is 1. The molecule has 0 bridgehead atoms. The molecule has 12 nitrogen and oxygen atoms in total. The summed E-state index contributed by atoms with van der Waals surface area (Å²) in [5.74, 6) is -0.650. The molecule has 3 rings (SSSR count). The topological polar surface area (TPSA) is 155 Å². The number of nitrogens with one attached hydrogen (secondary N) is 2. The lowest BCUT2D eigenvalue weighted by atomic mass is 10.2. The van der Waals surface area contributed by atoms with Gasteiger partial charge in [-0.25, -0.2) is 13.1 Å². The Morgan fingerprint density at radius 1 is 1.21 bits per heavy atom. The first-order valence-corrected chi connectivity index (χ1v) is 13.4. The fourth-order valence-corrected chi connectivity index (χ4v) is 4.77. The number of aromatic nitrogens is 2. The van der Waals surface area contributed by atoms with Gasteiger partial charge in [-0.15, -0.1) is 0 Å². The van der Waals surface area contributed by atoms with Crippen LogP contribution in [-0.4, -0.2) is 55.8 Å². The summed E-state index contributed by atoms with van der Waals surface area (Å²) in [6.45, 7) is 5.88. The minimum absolute atomic E-state index is 0.0133. The van der Waals surface area contributed by atoms with Gasteiger partial charge in [0.25, 0.3) is 11.6 Å². The minimum Gasteiger partial charge on any atom is -0.437 e. The molecule has 2 N–H and O–H groups in total. The van der Waals surface area contributed by atoms with Gasteiger partial charge in [0.1, 0.15) is 10.6 Å². The Morgan fingerprint density at radius 3 is 2.50 bits per heavy atom. The van der Waals surface area contributed by atoms with Crippen molar-refractivity contribution in [1.29, 1.82) is 0 Å². The number of hydrogen-bond donors (Lipinski definition) is 2. The van der Waals surface area contributed by atoms with Crippen LogP contribution in [0.1, 0.15) is 29.9 Å². The number of methoxy groups -OCH3 is 1. The summed E-state index contributed by atoms with van der Waals surface area (Å²) < 4.78 is 41.1. The van der Waals surface area contributed by atoms with Crippen molar-refractivity contribution in [3.8, 4) is 17.3 Å². The molecule has 38 heavy (non-hydrogen) atoms. The average molecular weight is 566 g/mol. The third-order valence-corrected chi connectivity index (χ3v) is 6.96. The lowest BCUT2D eigenvalue weighted by molar-refractivity contribution is -0.385. The van der Waals surface area contributed by atoms with Crippen molar-refractivity contribution in [3.63, 3.8) is 0 Å². The van der Waals surface area contributed by atoms with Crippen molar-refractivity contribution < 1.29 is 27.6 Å². The maximum absolute atomic E-state index is 13.1. The first-order valence-electron chi connectivity index (χ1n) is 11.5. The van der Waals surface area contributed by atoms with E-state index in [0.717, 1.165) is 12.1 Å². The number of rotatable bonds is 12. The average Bonchev–Trinajstić information content (AvgIpc) is 3.19. The van der Waals surface area contributed by atoms with Crippen LogP contribution in [0.25, 0.3) is 5.69 Å². The number of ether oxygens (including phenoxy) is 2. The second-order valence-corrected chi connectivity index (χ2v) is 10.8. The van der Waals surface area contributed by atoms with Crippen LogP contribution in [0, 0.1) is 23.0 Å². The monoisotopic (exact) mass is 565 g/mol. The number of nitro groups is 1. The molecular formula is C24H28ClN5O7S. The molecule has 0 atom stereocenters. The fraction of sp³-hybridized carbons (Fsp3) is 0.333. The maximum atomic E-state index is 13.1. The molecule has 1 aromatic heterocycles. The summed E-state index contributed by atoms with van der Waals surface area (Å²) in [5, 5.41) is 19.0. The molecule has 204 valence electrons. The van der Waals surface area contributed by atoms with Crippen molar-refractivity contribution in [2.75, 3.05) is 26.8 Å². The summed E-state index contributed by atoms with van der Waals surface area (Å²) in [5.41, 5.74) is 0.401. The predicted molar refractivity (Wildman–Crippen MR) is 141 cm³/mol. The molecule has 0 unspecified atom stereocenters. The Morgan fingerprint density at radius 2 is 1.89 bits per heavy atom. The lowest BCUT2D eigenvalue weighted by Crippen LogP contribution is -2.28. The molecule has 14 heteroatoms. The number of sulfonamides is 1. The number of nitrogens with zero attached hydrogens (tertiary/aromatic N) is 3. The molecule has 3 aromatic rings. The summed E-state index contributed by atoms with van der Waals surface area (Å²) in [6, 6.07) is 9.78. The standard InChI is InChI=1S/C24H28ClN5O7S/c1-15(2)14-27-38(34,35)21-13-19(30(32)33)9-10-20(21)37-24-16(3)22(23(31)26-11-12-36-4)28-29(24)18-7-5-17(25)6-8-18/h5-10,13,15,27H,11-12,14H2,1-4H3,(H,26,31). The highest BCUT2D eigenvalue weighted by Gasteiger charge is 2.28. The number of halogens is 1. The third kappa shape index (κ3) is 6.86. The van der Waals surface area contributed by atoms with Gasteiger partial charge in [0.05, 0.1) is 17.2 Å². The number of benzene rings is 2. The summed E-state index contributed by atoms with van der Waals surface area (Å²) >= 11 is 6.02. The molecule has 0 aliphatic heterocycles. The highest BCUT2D eigenvalue weighted by Crippen LogP contribution is 2.35. The smallest absolute Gasteiger partial charge is 0.272 e. The summed E-state index contributed by atoms with van der Waals surface area (Å²) in [6.07, 6.45) is 0. The Kier molecular flexibility index (Phi) is 9.44. The molecule has 0 radical (unpaired) electrons. The minimum atomic E-state index is -4.20. The second-order valence-electron chi connectivity index (χ2n) is 8.65. The van der Waals surface area contributed by atoms with Crippen molar-refractivity contribution in [2.45, 2.75) is 25.7 Å². The Hall–Kier alpha value is -3.52. The third-order valence-electron chi connectivity index (χ3n) is 5.26. The van der Waals surface area contributed by atoms with Crippen LogP contribution in [0.4, 0.5) is 5.69 Å². The van der Waals surface area contributed by atoms with E-state index >= 15 is 0 Å². The van der Waals surface area contributed by atoms with Crippen molar-refractivity contribution in [1.82, 2.24) is 19.8 Å². The van der Waals surface area contributed by atoms with E-state index in [1.54, 1.807) is 31.2 Å². The number of nitro benzene ring substituents is 1. The van der Waals surface area contributed by atoms with E-state index in [4.69, 9.17) is 21.1 Å². The van der Waals surface area contributed by atoms with Crippen LogP contribution < -0.4 is 14.8 Å². The maximum Gasteiger partial charge on any atom is 0.272 e. The molecule has 0 saturated carbocycles. The molecular weight excluding hydrogens is 538 g/mol. The Bertz CT molecular complexity index is 1420. The van der Waals surface area contributed by atoms with Crippen molar-refractivity contribution in [2.24, 2.45) is 5.92 Å². The van der Waals surface area contributed by atoms with Crippen LogP contribution in [0.15, 0.2) is 47.4 Å². The lowest BCUT2D eigenvalue weighted by Gasteiger charge is -2.15. The van der Waals surface area contributed by atoms with E-state index < -0.39 is 31.4 Å². The van der Waals surface area contributed by atoms with E-state index in [1.807, 2.05) is 13.8 Å². The SMILES string of the molecule is COCCNC(=O)c1nn(-c2ccc(Cl)cc2)c(Oc2ccc([N+](=O)[O-])cc2S(=O)(=O)NCC(C)C)c1C. The molecule has 0 spiro atoms. The molecule has 1 amide bonds. The highest BCUT2D eigenvalue weighted by molar-refractivity contribution is 7.89. The Labute approximate surface area is 225 Å². The molecule has 0 fully saturated rings. The number of non-ortho nitro benzene ring substituents is 1. The van der Waals surface area contributed by atoms with Crippen LogP contribution >= 0.6 is 11.6 Å².